The van der Waals surface area contributed by atoms with Gasteiger partial charge in [-0.25, -0.2) is 0 Å². The molecule has 18 heavy (non-hydrogen) atoms. The lowest BCUT2D eigenvalue weighted by Gasteiger charge is -2.37. The van der Waals surface area contributed by atoms with Crippen molar-refractivity contribution in [2.75, 3.05) is 32.7 Å². The van der Waals surface area contributed by atoms with Crippen LogP contribution in [0.1, 0.15) is 27.2 Å². The van der Waals surface area contributed by atoms with Gasteiger partial charge in [-0.1, -0.05) is 20.8 Å². The fourth-order valence-corrected chi connectivity index (χ4v) is 2.33. The van der Waals surface area contributed by atoms with Crippen LogP contribution in [0.4, 0.5) is 0 Å². The minimum atomic E-state index is -0.695. The van der Waals surface area contributed by atoms with Crippen LogP contribution in [0.3, 0.4) is 0 Å². The van der Waals surface area contributed by atoms with Gasteiger partial charge in [0.2, 0.25) is 0 Å². The molecule has 0 aliphatic carbocycles. The molecule has 1 fully saturated rings. The van der Waals surface area contributed by atoms with Crippen molar-refractivity contribution in [2.24, 2.45) is 17.1 Å². The molecule has 106 valence electrons. The van der Waals surface area contributed by atoms with Gasteiger partial charge < -0.3 is 16.2 Å². The molecule has 0 aromatic rings. The Balaban J connectivity index is 2.53. The molecule has 4 N–H and O–H groups in total. The fourth-order valence-electron chi connectivity index (χ4n) is 2.33. The number of piperidine rings is 1. The maximum absolute atomic E-state index is 11.2. The van der Waals surface area contributed by atoms with Crippen LogP contribution in [0.2, 0.25) is 0 Å². The smallest absolute Gasteiger partial charge is 0.307 e. The zero-order chi connectivity index (χ0) is 13.8. The summed E-state index contributed by atoms with van der Waals surface area (Å²) in [6, 6.07) is 0.255. The van der Waals surface area contributed by atoms with E-state index in [0.29, 0.717) is 19.5 Å². The lowest BCUT2D eigenvalue weighted by molar-refractivity contribution is -0.144. The summed E-state index contributed by atoms with van der Waals surface area (Å²) in [6.07, 6.45) is 0.715. The van der Waals surface area contributed by atoms with Gasteiger partial charge in [0.05, 0.1) is 5.92 Å². The van der Waals surface area contributed by atoms with Crippen molar-refractivity contribution >= 4 is 5.97 Å². The Bertz CT molecular complexity index is 276. The first-order valence-corrected chi connectivity index (χ1v) is 6.70. The second kappa shape index (κ2) is 6.50. The summed E-state index contributed by atoms with van der Waals surface area (Å²) in [5.41, 5.74) is 5.78. The number of aliphatic carboxylic acids is 1. The molecule has 5 nitrogen and oxygen atoms in total. The molecule has 2 atom stereocenters. The van der Waals surface area contributed by atoms with E-state index in [2.05, 4.69) is 31.0 Å². The third kappa shape index (κ3) is 5.33. The summed E-state index contributed by atoms with van der Waals surface area (Å²) in [5, 5.41) is 12.7. The first kappa shape index (κ1) is 15.4. The van der Waals surface area contributed by atoms with Gasteiger partial charge in [-0.15, -0.1) is 0 Å². The summed E-state index contributed by atoms with van der Waals surface area (Å²) < 4.78 is 0. The van der Waals surface area contributed by atoms with Gasteiger partial charge >= 0.3 is 5.97 Å². The highest BCUT2D eigenvalue weighted by Crippen LogP contribution is 2.18. The SMILES string of the molecule is CC(C)(C)CNC1CC(C(=O)O)CN(CCN)C1. The zero-order valence-corrected chi connectivity index (χ0v) is 11.8. The van der Waals surface area contributed by atoms with Gasteiger partial charge in [0.15, 0.2) is 0 Å². The normalized spacial score (nSPS) is 26.2. The summed E-state index contributed by atoms with van der Waals surface area (Å²) >= 11 is 0. The predicted molar refractivity (Wildman–Crippen MR) is 72.5 cm³/mol. The molecular formula is C13H27N3O2. The molecular weight excluding hydrogens is 230 g/mol. The van der Waals surface area contributed by atoms with Gasteiger partial charge in [0, 0.05) is 38.8 Å². The van der Waals surface area contributed by atoms with E-state index in [1.54, 1.807) is 0 Å². The molecule has 2 unspecified atom stereocenters. The molecule has 0 spiro atoms. The van der Waals surface area contributed by atoms with Crippen LogP contribution >= 0.6 is 0 Å². The number of likely N-dealkylation sites (tertiary alicyclic amines) is 1. The lowest BCUT2D eigenvalue weighted by atomic mass is 9.92. The molecule has 0 saturated carbocycles. The topological polar surface area (TPSA) is 78.6 Å². The first-order chi connectivity index (χ1) is 8.31. The Morgan fingerprint density at radius 3 is 2.61 bits per heavy atom. The quantitative estimate of drug-likeness (QED) is 0.662. The Kier molecular flexibility index (Phi) is 5.56. The van der Waals surface area contributed by atoms with Gasteiger partial charge in [0.1, 0.15) is 0 Å². The van der Waals surface area contributed by atoms with Crippen molar-refractivity contribution in [3.63, 3.8) is 0 Å². The maximum atomic E-state index is 11.2. The third-order valence-corrected chi connectivity index (χ3v) is 3.24. The number of nitrogens with zero attached hydrogens (tertiary/aromatic N) is 1. The standard InChI is InChI=1S/C13H27N3O2/c1-13(2,3)9-15-11-6-10(12(17)18)7-16(8-11)5-4-14/h10-11,15H,4-9,14H2,1-3H3,(H,17,18). The first-order valence-electron chi connectivity index (χ1n) is 6.70. The monoisotopic (exact) mass is 257 g/mol. The Labute approximate surface area is 110 Å². The summed E-state index contributed by atoms with van der Waals surface area (Å²) in [5.74, 6) is -0.970. The van der Waals surface area contributed by atoms with Gasteiger partial charge in [-0.3, -0.25) is 9.69 Å². The zero-order valence-electron chi connectivity index (χ0n) is 11.8. The molecule has 1 aliphatic rings. The number of hydrogen-bond donors (Lipinski definition) is 3. The van der Waals surface area contributed by atoms with E-state index in [1.807, 2.05) is 0 Å². The third-order valence-electron chi connectivity index (χ3n) is 3.24. The number of carboxylic acid groups (broad SMARTS) is 1. The number of nitrogens with two attached hydrogens (primary N) is 1. The van der Waals surface area contributed by atoms with Crippen LogP contribution < -0.4 is 11.1 Å². The number of carboxylic acids is 1. The summed E-state index contributed by atoms with van der Waals surface area (Å²) in [7, 11) is 0. The number of rotatable bonds is 5. The largest absolute Gasteiger partial charge is 0.481 e. The average molecular weight is 257 g/mol. The molecule has 0 bridgehead atoms. The summed E-state index contributed by atoms with van der Waals surface area (Å²) in [4.78, 5) is 13.3. The van der Waals surface area contributed by atoms with Crippen molar-refractivity contribution in [1.82, 2.24) is 10.2 Å². The van der Waals surface area contributed by atoms with E-state index in [-0.39, 0.29) is 17.4 Å². The molecule has 0 aromatic carbocycles. The van der Waals surface area contributed by atoms with Gasteiger partial charge in [-0.05, 0) is 11.8 Å². The number of hydrogen-bond acceptors (Lipinski definition) is 4. The fraction of sp³-hybridized carbons (Fsp3) is 0.923. The maximum Gasteiger partial charge on any atom is 0.307 e. The van der Waals surface area contributed by atoms with E-state index < -0.39 is 5.97 Å². The summed E-state index contributed by atoms with van der Waals surface area (Å²) in [6.45, 7) is 10.3. The van der Waals surface area contributed by atoms with Crippen LogP contribution in [0, 0.1) is 11.3 Å². The van der Waals surface area contributed by atoms with Crippen LogP contribution in [0.25, 0.3) is 0 Å². The Morgan fingerprint density at radius 1 is 1.44 bits per heavy atom. The van der Waals surface area contributed by atoms with E-state index in [4.69, 9.17) is 5.73 Å². The van der Waals surface area contributed by atoms with Crippen LogP contribution in [-0.4, -0.2) is 54.7 Å². The van der Waals surface area contributed by atoms with E-state index in [0.717, 1.165) is 19.6 Å². The highest BCUT2D eigenvalue weighted by molar-refractivity contribution is 5.70. The molecule has 0 aromatic heterocycles. The molecule has 0 amide bonds. The van der Waals surface area contributed by atoms with Crippen molar-refractivity contribution in [1.29, 1.82) is 0 Å². The number of nitrogens with one attached hydrogen (secondary N) is 1. The average Bonchev–Trinajstić information content (AvgIpc) is 2.25. The molecule has 1 aliphatic heterocycles. The predicted octanol–water partition coefficient (Wildman–Crippen LogP) is 0.356. The van der Waals surface area contributed by atoms with Crippen LogP contribution in [0.15, 0.2) is 0 Å². The minimum Gasteiger partial charge on any atom is -0.481 e. The van der Waals surface area contributed by atoms with Crippen LogP contribution in [0.5, 0.6) is 0 Å². The molecule has 1 rings (SSSR count). The minimum absolute atomic E-state index is 0.217. The highest BCUT2D eigenvalue weighted by atomic mass is 16.4. The van der Waals surface area contributed by atoms with Gasteiger partial charge in [0.25, 0.3) is 0 Å². The van der Waals surface area contributed by atoms with E-state index in [1.165, 1.54) is 0 Å². The van der Waals surface area contributed by atoms with Gasteiger partial charge in [-0.2, -0.15) is 0 Å². The Morgan fingerprint density at radius 2 is 2.11 bits per heavy atom. The number of carbonyl (C=O) groups is 1. The second-order valence-corrected chi connectivity index (χ2v) is 6.46. The van der Waals surface area contributed by atoms with Crippen molar-refractivity contribution < 1.29 is 9.90 Å². The Hall–Kier alpha value is -0.650. The molecule has 1 saturated heterocycles. The molecule has 1 heterocycles. The van der Waals surface area contributed by atoms with Crippen LogP contribution in [-0.2, 0) is 4.79 Å². The van der Waals surface area contributed by atoms with Crippen molar-refractivity contribution in [3.8, 4) is 0 Å². The molecule has 5 heteroatoms. The molecule has 0 radical (unpaired) electrons. The van der Waals surface area contributed by atoms with E-state index >= 15 is 0 Å². The lowest BCUT2D eigenvalue weighted by Crippen LogP contribution is -2.53. The highest BCUT2D eigenvalue weighted by Gasteiger charge is 2.31. The van der Waals surface area contributed by atoms with E-state index in [9.17, 15) is 9.90 Å². The second-order valence-electron chi connectivity index (χ2n) is 6.46. The van der Waals surface area contributed by atoms with Crippen molar-refractivity contribution in [2.45, 2.75) is 33.2 Å². The van der Waals surface area contributed by atoms with Crippen molar-refractivity contribution in [3.05, 3.63) is 0 Å².